The maximum atomic E-state index is 13.1. The third-order valence-corrected chi connectivity index (χ3v) is 5.38. The molecule has 6 heteroatoms. The average Bonchev–Trinajstić information content (AvgIpc) is 2.70. The number of ether oxygens (including phenoxy) is 1. The van der Waals surface area contributed by atoms with Gasteiger partial charge in [0.15, 0.2) is 0 Å². The number of methoxy groups -OCH3 is 1. The molecule has 0 unspecified atom stereocenters. The average molecular weight is 398 g/mol. The smallest absolute Gasteiger partial charge is 0.322 e. The Morgan fingerprint density at radius 2 is 1.90 bits per heavy atom. The van der Waals surface area contributed by atoms with E-state index < -0.39 is 0 Å². The topological polar surface area (TPSA) is 73.8 Å². The first-order valence-electron chi connectivity index (χ1n) is 10.1. The summed E-state index contributed by atoms with van der Waals surface area (Å²) in [4.78, 5) is 14.9. The van der Waals surface area contributed by atoms with Gasteiger partial charge in [0, 0.05) is 24.2 Å². The summed E-state index contributed by atoms with van der Waals surface area (Å²) in [5.41, 5.74) is 1.82. The molecule has 0 saturated carbocycles. The molecule has 0 radical (unpaired) electrons. The fourth-order valence-corrected chi connectivity index (χ4v) is 4.00. The highest BCUT2D eigenvalue weighted by atomic mass is 16.5. The molecule has 2 amide bonds. The minimum absolute atomic E-state index is 0.0288. The van der Waals surface area contributed by atoms with Gasteiger partial charge in [0.25, 0.3) is 0 Å². The van der Waals surface area contributed by atoms with Gasteiger partial charge >= 0.3 is 6.03 Å². The van der Waals surface area contributed by atoms with Crippen LogP contribution in [0.5, 0.6) is 5.75 Å². The quantitative estimate of drug-likeness (QED) is 0.639. The number of hydrogen-bond acceptors (Lipinski definition) is 4. The van der Waals surface area contributed by atoms with Crippen molar-refractivity contribution in [2.45, 2.75) is 31.8 Å². The van der Waals surface area contributed by atoms with Gasteiger partial charge in [-0.2, -0.15) is 0 Å². The maximum absolute atomic E-state index is 13.1. The van der Waals surface area contributed by atoms with Crippen molar-refractivity contribution in [1.82, 2.24) is 10.2 Å². The van der Waals surface area contributed by atoms with E-state index in [1.165, 1.54) is 0 Å². The van der Waals surface area contributed by atoms with Crippen LogP contribution in [0, 0.1) is 5.92 Å². The number of rotatable bonds is 8. The van der Waals surface area contributed by atoms with Gasteiger partial charge in [-0.1, -0.05) is 50.2 Å². The Hall–Kier alpha value is -2.57. The molecule has 2 aromatic carbocycles. The largest absolute Gasteiger partial charge is 0.497 e. The van der Waals surface area contributed by atoms with Crippen LogP contribution in [0.15, 0.2) is 54.6 Å². The molecule has 0 aliphatic carbocycles. The minimum atomic E-state index is -0.256. The zero-order chi connectivity index (χ0) is 20.8. The van der Waals surface area contributed by atoms with E-state index >= 15 is 0 Å². The van der Waals surface area contributed by atoms with Crippen LogP contribution >= 0.6 is 0 Å². The first kappa shape index (κ1) is 21.1. The van der Waals surface area contributed by atoms with Crippen LogP contribution in [0.25, 0.3) is 0 Å². The van der Waals surface area contributed by atoms with Crippen LogP contribution in [-0.4, -0.2) is 54.9 Å². The van der Waals surface area contributed by atoms with E-state index in [1.807, 2.05) is 36.4 Å². The molecular formula is C23H31N3O3. The number of carbonyl (C=O) groups excluding carboxylic acids is 1. The van der Waals surface area contributed by atoms with Crippen molar-refractivity contribution in [2.24, 2.45) is 5.92 Å². The summed E-state index contributed by atoms with van der Waals surface area (Å²) >= 11 is 0. The van der Waals surface area contributed by atoms with Crippen LogP contribution in [0.3, 0.4) is 0 Å². The predicted octanol–water partition coefficient (Wildman–Crippen LogP) is 3.30. The molecule has 29 heavy (non-hydrogen) atoms. The number of amides is 2. The van der Waals surface area contributed by atoms with Crippen molar-refractivity contribution in [3.05, 3.63) is 60.2 Å². The fraction of sp³-hybridized carbons (Fsp3) is 0.435. The summed E-state index contributed by atoms with van der Waals surface area (Å²) in [6.45, 7) is 5.80. The van der Waals surface area contributed by atoms with Crippen LogP contribution in [0.2, 0.25) is 0 Å². The van der Waals surface area contributed by atoms with Crippen molar-refractivity contribution in [1.29, 1.82) is 0 Å². The van der Waals surface area contributed by atoms with E-state index in [0.29, 0.717) is 23.9 Å². The number of likely N-dealkylation sites (tertiary alicyclic amines) is 1. The summed E-state index contributed by atoms with van der Waals surface area (Å²) in [6, 6.07) is 16.9. The van der Waals surface area contributed by atoms with Gasteiger partial charge in [-0.05, 0) is 30.2 Å². The Balaban J connectivity index is 1.78. The van der Waals surface area contributed by atoms with Crippen molar-refractivity contribution in [3.63, 3.8) is 0 Å². The zero-order valence-electron chi connectivity index (χ0n) is 17.3. The van der Waals surface area contributed by atoms with Gasteiger partial charge in [0.1, 0.15) is 5.75 Å². The van der Waals surface area contributed by atoms with Crippen LogP contribution in [0.1, 0.15) is 25.3 Å². The molecule has 1 saturated heterocycles. The van der Waals surface area contributed by atoms with Crippen molar-refractivity contribution in [2.75, 3.05) is 32.1 Å². The van der Waals surface area contributed by atoms with Crippen molar-refractivity contribution < 1.29 is 14.6 Å². The highest BCUT2D eigenvalue weighted by Gasteiger charge is 2.50. The van der Waals surface area contributed by atoms with Crippen LogP contribution in [-0.2, 0) is 0 Å². The maximum Gasteiger partial charge on any atom is 0.322 e. The van der Waals surface area contributed by atoms with E-state index in [9.17, 15) is 9.90 Å². The number of nitrogens with zero attached hydrogens (tertiary/aromatic N) is 1. The molecule has 0 bridgehead atoms. The van der Waals surface area contributed by atoms with Crippen molar-refractivity contribution in [3.8, 4) is 5.75 Å². The second-order valence-corrected chi connectivity index (χ2v) is 7.88. The summed E-state index contributed by atoms with van der Waals surface area (Å²) < 4.78 is 5.24. The Labute approximate surface area is 172 Å². The normalized spacial score (nSPS) is 21.0. The molecule has 3 rings (SSSR count). The summed E-state index contributed by atoms with van der Waals surface area (Å²) in [7, 11) is 1.60. The van der Waals surface area contributed by atoms with Crippen LogP contribution in [0.4, 0.5) is 10.5 Å². The Kier molecular flexibility index (Phi) is 7.12. The highest BCUT2D eigenvalue weighted by Crippen LogP contribution is 2.40. The lowest BCUT2D eigenvalue weighted by Gasteiger charge is -2.54. The van der Waals surface area contributed by atoms with Gasteiger partial charge in [-0.15, -0.1) is 0 Å². The first-order valence-corrected chi connectivity index (χ1v) is 10.1. The van der Waals surface area contributed by atoms with E-state index in [-0.39, 0.29) is 30.6 Å². The standard InChI is InChI=1S/C23H31N3O3/c1-16(2)13-24-14-20-22(17-8-5-4-6-9-17)21(15-27)26(20)23(28)25-18-10-7-11-19(12-18)29-3/h4-12,16,20-22,24,27H,13-15H2,1-3H3,(H,25,28)/t20-,21-,22+/m0/s1. The fourth-order valence-electron chi connectivity index (χ4n) is 4.00. The van der Waals surface area contributed by atoms with Gasteiger partial charge in [-0.25, -0.2) is 4.79 Å². The third kappa shape index (κ3) is 4.89. The molecule has 1 fully saturated rings. The molecule has 156 valence electrons. The van der Waals surface area contributed by atoms with Crippen LogP contribution < -0.4 is 15.4 Å². The number of aliphatic hydroxyl groups excluding tert-OH is 1. The molecule has 6 nitrogen and oxygen atoms in total. The number of anilines is 1. The first-order chi connectivity index (χ1) is 14.0. The second kappa shape index (κ2) is 9.76. The van der Waals surface area contributed by atoms with E-state index in [4.69, 9.17) is 4.74 Å². The molecule has 1 aliphatic rings. The number of hydrogen-bond donors (Lipinski definition) is 3. The number of carbonyl (C=O) groups is 1. The van der Waals surface area contributed by atoms with Gasteiger partial charge in [0.05, 0.1) is 25.8 Å². The number of nitrogens with one attached hydrogen (secondary N) is 2. The van der Waals surface area contributed by atoms with Gasteiger partial charge in [0.2, 0.25) is 0 Å². The monoisotopic (exact) mass is 397 g/mol. The highest BCUT2D eigenvalue weighted by molar-refractivity contribution is 5.91. The minimum Gasteiger partial charge on any atom is -0.497 e. The molecule has 0 aromatic heterocycles. The Morgan fingerprint density at radius 1 is 1.14 bits per heavy atom. The summed E-state index contributed by atoms with van der Waals surface area (Å²) in [5, 5.41) is 16.5. The molecule has 1 aliphatic heterocycles. The van der Waals surface area contributed by atoms with Gasteiger partial charge < -0.3 is 25.4 Å². The second-order valence-electron chi connectivity index (χ2n) is 7.88. The Morgan fingerprint density at radius 3 is 2.55 bits per heavy atom. The summed E-state index contributed by atoms with van der Waals surface area (Å²) in [6.07, 6.45) is 0. The van der Waals surface area contributed by atoms with Crippen molar-refractivity contribution >= 4 is 11.7 Å². The zero-order valence-corrected chi connectivity index (χ0v) is 17.3. The number of aliphatic hydroxyl groups is 1. The molecular weight excluding hydrogens is 366 g/mol. The lowest BCUT2D eigenvalue weighted by atomic mass is 9.75. The molecule has 0 spiro atoms. The SMILES string of the molecule is COc1cccc(NC(=O)N2[C@@H](CO)[C@H](c3ccccc3)[C@@H]2CNCC(C)C)c1. The number of urea groups is 1. The molecule has 2 aromatic rings. The molecule has 1 heterocycles. The van der Waals surface area contributed by atoms with E-state index in [1.54, 1.807) is 18.1 Å². The molecule has 3 N–H and O–H groups in total. The van der Waals surface area contributed by atoms with E-state index in [0.717, 1.165) is 12.1 Å². The third-order valence-electron chi connectivity index (χ3n) is 5.38. The van der Waals surface area contributed by atoms with Gasteiger partial charge in [-0.3, -0.25) is 0 Å². The molecule has 3 atom stereocenters. The predicted molar refractivity (Wildman–Crippen MR) is 115 cm³/mol. The lowest BCUT2D eigenvalue weighted by Crippen LogP contribution is -2.69. The van der Waals surface area contributed by atoms with E-state index in [2.05, 4.69) is 36.6 Å². The number of benzene rings is 2. The Bertz CT molecular complexity index is 797. The lowest BCUT2D eigenvalue weighted by molar-refractivity contribution is -0.00252. The summed E-state index contributed by atoms with van der Waals surface area (Å²) in [5.74, 6) is 1.30.